The van der Waals surface area contributed by atoms with E-state index in [1.54, 1.807) is 11.8 Å². The van der Waals surface area contributed by atoms with E-state index >= 15 is 0 Å². The van der Waals surface area contributed by atoms with Gasteiger partial charge in [-0.3, -0.25) is 14.5 Å². The number of para-hydroxylation sites is 2. The molecule has 0 aliphatic carbocycles. The Hall–Kier alpha value is -3.15. The fourth-order valence-corrected chi connectivity index (χ4v) is 4.30. The maximum absolute atomic E-state index is 13.7. The first-order valence-electron chi connectivity index (χ1n) is 10.9. The number of ether oxygens (including phenoxy) is 1. The van der Waals surface area contributed by atoms with Gasteiger partial charge in [-0.25, -0.2) is 4.98 Å². The molecule has 0 unspecified atom stereocenters. The molecule has 0 radical (unpaired) electrons. The minimum absolute atomic E-state index is 0.229. The highest BCUT2D eigenvalue weighted by Gasteiger charge is 2.47. The zero-order valence-corrected chi connectivity index (χ0v) is 18.5. The topological polar surface area (TPSA) is 64.4 Å². The molecule has 1 aliphatic rings. The third-order valence-electron chi connectivity index (χ3n) is 5.80. The van der Waals surface area contributed by atoms with Gasteiger partial charge >= 0.3 is 5.97 Å². The molecule has 4 rings (SSSR count). The van der Waals surface area contributed by atoms with Crippen LogP contribution in [0.4, 0.5) is 5.95 Å². The number of aryl methyl sites for hydroxylation is 1. The normalized spacial score (nSPS) is 18.5. The number of benzene rings is 2. The lowest BCUT2D eigenvalue weighted by Gasteiger charge is -2.38. The molecule has 1 aliphatic heterocycles. The number of amides is 1. The first-order chi connectivity index (χ1) is 14.9. The van der Waals surface area contributed by atoms with Crippen molar-refractivity contribution in [3.8, 4) is 0 Å². The average Bonchev–Trinajstić information content (AvgIpc) is 3.11. The van der Waals surface area contributed by atoms with Crippen LogP contribution in [0.2, 0.25) is 0 Å². The minimum Gasteiger partial charge on any atom is -0.465 e. The van der Waals surface area contributed by atoms with Crippen molar-refractivity contribution in [3.63, 3.8) is 0 Å². The SMILES string of the molecule is CCOC(=O)[C@@H]1C(=O)N(CCC(C)C)c2nc3ccccc3n2[C@H]1c1cccc(C)c1. The van der Waals surface area contributed by atoms with E-state index in [1.165, 1.54) is 0 Å². The van der Waals surface area contributed by atoms with E-state index in [1.807, 2.05) is 60.0 Å². The Labute approximate surface area is 182 Å². The maximum atomic E-state index is 13.7. The molecule has 2 aromatic carbocycles. The van der Waals surface area contributed by atoms with Crippen molar-refractivity contribution in [3.05, 3.63) is 59.7 Å². The molecule has 0 fully saturated rings. The highest BCUT2D eigenvalue weighted by Crippen LogP contribution is 2.41. The van der Waals surface area contributed by atoms with E-state index in [4.69, 9.17) is 9.72 Å². The fraction of sp³-hybridized carbons (Fsp3) is 0.400. The third kappa shape index (κ3) is 3.82. The van der Waals surface area contributed by atoms with Crippen LogP contribution < -0.4 is 4.90 Å². The number of carbonyl (C=O) groups excluding carboxylic acids is 2. The Morgan fingerprint density at radius 3 is 2.65 bits per heavy atom. The predicted octanol–water partition coefficient (Wildman–Crippen LogP) is 4.51. The lowest BCUT2D eigenvalue weighted by molar-refractivity contribution is -0.153. The lowest BCUT2D eigenvalue weighted by Crippen LogP contribution is -2.50. The summed E-state index contributed by atoms with van der Waals surface area (Å²) in [6.45, 7) is 8.76. The first kappa shape index (κ1) is 21.1. The predicted molar refractivity (Wildman–Crippen MR) is 121 cm³/mol. The van der Waals surface area contributed by atoms with E-state index < -0.39 is 17.9 Å². The van der Waals surface area contributed by atoms with E-state index in [2.05, 4.69) is 13.8 Å². The summed E-state index contributed by atoms with van der Waals surface area (Å²) in [5.74, 6) is -0.676. The van der Waals surface area contributed by atoms with Crippen LogP contribution in [0, 0.1) is 18.8 Å². The van der Waals surface area contributed by atoms with Gasteiger partial charge in [0.25, 0.3) is 0 Å². The van der Waals surface area contributed by atoms with Crippen molar-refractivity contribution in [1.29, 1.82) is 0 Å². The van der Waals surface area contributed by atoms with Crippen LogP contribution >= 0.6 is 0 Å². The molecule has 31 heavy (non-hydrogen) atoms. The van der Waals surface area contributed by atoms with Crippen molar-refractivity contribution in [2.24, 2.45) is 11.8 Å². The molecule has 6 nitrogen and oxygen atoms in total. The summed E-state index contributed by atoms with van der Waals surface area (Å²) in [7, 11) is 0. The summed E-state index contributed by atoms with van der Waals surface area (Å²) in [6.07, 6.45) is 0.819. The van der Waals surface area contributed by atoms with Gasteiger partial charge in [0.05, 0.1) is 23.7 Å². The molecule has 2 heterocycles. The van der Waals surface area contributed by atoms with Crippen LogP contribution in [-0.2, 0) is 14.3 Å². The van der Waals surface area contributed by atoms with E-state index in [9.17, 15) is 9.59 Å². The van der Waals surface area contributed by atoms with Crippen LogP contribution in [-0.4, -0.2) is 34.6 Å². The number of imidazole rings is 1. The van der Waals surface area contributed by atoms with Gasteiger partial charge in [0, 0.05) is 6.54 Å². The van der Waals surface area contributed by atoms with Gasteiger partial charge in [0.1, 0.15) is 0 Å². The Morgan fingerprint density at radius 1 is 1.16 bits per heavy atom. The highest BCUT2D eigenvalue weighted by molar-refractivity contribution is 6.08. The maximum Gasteiger partial charge on any atom is 0.321 e. The minimum atomic E-state index is -0.959. The van der Waals surface area contributed by atoms with Gasteiger partial charge in [-0.1, -0.05) is 55.8 Å². The summed E-state index contributed by atoms with van der Waals surface area (Å²) in [5.41, 5.74) is 3.68. The number of esters is 1. The van der Waals surface area contributed by atoms with Crippen molar-refractivity contribution in [1.82, 2.24) is 9.55 Å². The molecule has 0 N–H and O–H groups in total. The summed E-state index contributed by atoms with van der Waals surface area (Å²) in [5, 5.41) is 0. The highest BCUT2D eigenvalue weighted by atomic mass is 16.5. The second kappa shape index (κ2) is 8.53. The second-order valence-corrected chi connectivity index (χ2v) is 8.53. The van der Waals surface area contributed by atoms with E-state index in [0.717, 1.165) is 28.6 Å². The smallest absolute Gasteiger partial charge is 0.321 e. The molecule has 6 heteroatoms. The molecule has 1 aromatic heterocycles. The van der Waals surface area contributed by atoms with Crippen LogP contribution in [0.3, 0.4) is 0 Å². The molecule has 162 valence electrons. The summed E-state index contributed by atoms with van der Waals surface area (Å²) in [4.78, 5) is 33.4. The molecule has 2 atom stereocenters. The van der Waals surface area contributed by atoms with Crippen LogP contribution in [0.1, 0.15) is 44.4 Å². The number of anilines is 1. The molecular formula is C25H29N3O3. The Bertz CT molecular complexity index is 1120. The van der Waals surface area contributed by atoms with Crippen molar-refractivity contribution in [2.45, 2.75) is 40.2 Å². The number of hydrogen-bond donors (Lipinski definition) is 0. The van der Waals surface area contributed by atoms with Gasteiger partial charge in [0.2, 0.25) is 11.9 Å². The molecule has 0 bridgehead atoms. The molecule has 3 aromatic rings. The molecule has 1 amide bonds. The van der Waals surface area contributed by atoms with Gasteiger partial charge < -0.3 is 9.30 Å². The van der Waals surface area contributed by atoms with Gasteiger partial charge in [-0.2, -0.15) is 0 Å². The number of aromatic nitrogens is 2. The third-order valence-corrected chi connectivity index (χ3v) is 5.80. The number of hydrogen-bond acceptors (Lipinski definition) is 4. The van der Waals surface area contributed by atoms with Crippen molar-refractivity contribution in [2.75, 3.05) is 18.1 Å². The van der Waals surface area contributed by atoms with Gasteiger partial charge in [0.15, 0.2) is 5.92 Å². The lowest BCUT2D eigenvalue weighted by atomic mass is 9.88. The number of nitrogens with zero attached hydrogens (tertiary/aromatic N) is 3. The fourth-order valence-electron chi connectivity index (χ4n) is 4.30. The number of carbonyl (C=O) groups is 2. The van der Waals surface area contributed by atoms with Gasteiger partial charge in [-0.05, 0) is 43.9 Å². The van der Waals surface area contributed by atoms with Crippen molar-refractivity contribution < 1.29 is 14.3 Å². The monoisotopic (exact) mass is 419 g/mol. The van der Waals surface area contributed by atoms with Crippen LogP contribution in [0.15, 0.2) is 48.5 Å². The molecular weight excluding hydrogens is 390 g/mol. The zero-order valence-electron chi connectivity index (χ0n) is 18.5. The Balaban J connectivity index is 1.97. The summed E-state index contributed by atoms with van der Waals surface area (Å²) in [6, 6.07) is 15.3. The number of fused-ring (bicyclic) bond motifs is 3. The van der Waals surface area contributed by atoms with E-state index in [-0.39, 0.29) is 12.5 Å². The average molecular weight is 420 g/mol. The Morgan fingerprint density at radius 2 is 1.94 bits per heavy atom. The second-order valence-electron chi connectivity index (χ2n) is 8.53. The van der Waals surface area contributed by atoms with Gasteiger partial charge in [-0.15, -0.1) is 0 Å². The Kier molecular flexibility index (Phi) is 5.81. The molecule has 0 saturated carbocycles. The molecule has 0 spiro atoms. The van der Waals surface area contributed by atoms with Crippen LogP contribution in [0.5, 0.6) is 0 Å². The standard InChI is InChI=1S/C25H29N3O3/c1-5-31-24(30)21-22(18-10-8-9-17(4)15-18)28-20-12-7-6-11-19(20)26-25(28)27(23(21)29)14-13-16(2)3/h6-12,15-16,21-22H,5,13-14H2,1-4H3/t21-,22-/m0/s1. The molecule has 0 saturated heterocycles. The quantitative estimate of drug-likeness (QED) is 0.436. The largest absolute Gasteiger partial charge is 0.465 e. The van der Waals surface area contributed by atoms with Crippen LogP contribution in [0.25, 0.3) is 11.0 Å². The summed E-state index contributed by atoms with van der Waals surface area (Å²) < 4.78 is 7.44. The zero-order chi connectivity index (χ0) is 22.1. The first-order valence-corrected chi connectivity index (χ1v) is 10.9. The van der Waals surface area contributed by atoms with E-state index in [0.29, 0.717) is 18.4 Å². The number of rotatable bonds is 6. The summed E-state index contributed by atoms with van der Waals surface area (Å²) >= 11 is 0. The van der Waals surface area contributed by atoms with Crippen molar-refractivity contribution >= 4 is 28.9 Å².